The molecule has 1 aromatic carbocycles. The predicted molar refractivity (Wildman–Crippen MR) is 90.6 cm³/mol. The summed E-state index contributed by atoms with van der Waals surface area (Å²) in [5.74, 6) is -0.422. The van der Waals surface area contributed by atoms with Gasteiger partial charge in [-0.2, -0.15) is 0 Å². The van der Waals surface area contributed by atoms with Crippen molar-refractivity contribution in [3.8, 4) is 0 Å². The molecular weight excluding hydrogens is 334 g/mol. The lowest BCUT2D eigenvalue weighted by atomic mass is 9.93. The maximum atomic E-state index is 12.7. The summed E-state index contributed by atoms with van der Waals surface area (Å²) in [4.78, 5) is 36.9. The molecular formula is C20H16NO5-. The van der Waals surface area contributed by atoms with Crippen molar-refractivity contribution in [2.24, 2.45) is 5.92 Å². The van der Waals surface area contributed by atoms with Crippen molar-refractivity contribution >= 4 is 29.4 Å². The third-order valence-corrected chi connectivity index (χ3v) is 4.86. The molecule has 1 fully saturated rings. The minimum Gasteiger partial charge on any atom is -0.548 e. The van der Waals surface area contributed by atoms with E-state index in [9.17, 15) is 19.5 Å². The Bertz CT molecular complexity index is 955. The van der Waals surface area contributed by atoms with E-state index in [0.29, 0.717) is 28.1 Å². The number of benzene rings is 1. The van der Waals surface area contributed by atoms with Gasteiger partial charge in [-0.25, -0.2) is 0 Å². The highest BCUT2D eigenvalue weighted by Gasteiger charge is 2.37. The fraction of sp³-hybridized carbons (Fsp3) is 0.250. The number of amides is 2. The fourth-order valence-corrected chi connectivity index (χ4v) is 3.32. The number of carbonyl (C=O) groups excluding carboxylic acids is 3. The molecule has 6 nitrogen and oxygen atoms in total. The molecule has 1 aliphatic carbocycles. The van der Waals surface area contributed by atoms with Gasteiger partial charge in [-0.1, -0.05) is 25.1 Å². The summed E-state index contributed by atoms with van der Waals surface area (Å²) in [5.41, 5.74) is 0.975. The van der Waals surface area contributed by atoms with Gasteiger partial charge in [-0.15, -0.1) is 0 Å². The van der Waals surface area contributed by atoms with E-state index in [1.54, 1.807) is 36.4 Å². The van der Waals surface area contributed by atoms with E-state index < -0.39 is 24.3 Å². The van der Waals surface area contributed by atoms with Gasteiger partial charge in [0.25, 0.3) is 11.8 Å². The zero-order valence-corrected chi connectivity index (χ0v) is 14.1. The number of furan rings is 1. The van der Waals surface area contributed by atoms with Crippen LogP contribution in [0.15, 0.2) is 40.8 Å². The maximum absolute atomic E-state index is 12.7. The Labute approximate surface area is 149 Å². The first-order chi connectivity index (χ1) is 12.5. The van der Waals surface area contributed by atoms with Crippen LogP contribution in [0, 0.1) is 5.92 Å². The first-order valence-corrected chi connectivity index (χ1v) is 8.42. The molecule has 6 heteroatoms. The quantitative estimate of drug-likeness (QED) is 0.618. The molecule has 1 saturated carbocycles. The second-order valence-corrected chi connectivity index (χ2v) is 6.73. The number of aliphatic carboxylic acids is 1. The van der Waals surface area contributed by atoms with E-state index in [4.69, 9.17) is 4.42 Å². The van der Waals surface area contributed by atoms with Crippen LogP contribution < -0.4 is 5.11 Å². The normalized spacial score (nSPS) is 23.3. The van der Waals surface area contributed by atoms with Gasteiger partial charge in [0.1, 0.15) is 11.5 Å². The van der Waals surface area contributed by atoms with Crippen LogP contribution >= 0.6 is 0 Å². The molecule has 4 rings (SSSR count). The number of rotatable bonds is 4. The summed E-state index contributed by atoms with van der Waals surface area (Å²) in [7, 11) is 0. The standard InChI is InChI=1S/C20H17NO5/c1-11-8-15(11)17-7-6-12(26-17)9-16-13-4-2-3-5-14(13)19(24)21(20(16)25)10-18(22)23/h2-7,9,11,15H,8,10H2,1H3,(H,22,23)/p-1/b16-9-/t11-,15+/m1/s1. The van der Waals surface area contributed by atoms with Gasteiger partial charge in [0.05, 0.1) is 18.1 Å². The topological polar surface area (TPSA) is 90.6 Å². The molecule has 2 amide bonds. The Kier molecular flexibility index (Phi) is 3.76. The molecule has 1 aliphatic heterocycles. The average molecular weight is 350 g/mol. The summed E-state index contributed by atoms with van der Waals surface area (Å²) in [6.07, 6.45) is 2.64. The first-order valence-electron chi connectivity index (χ1n) is 8.42. The second-order valence-electron chi connectivity index (χ2n) is 6.73. The Morgan fingerprint density at radius 2 is 1.88 bits per heavy atom. The predicted octanol–water partition coefficient (Wildman–Crippen LogP) is 1.68. The number of carboxylic acids is 1. The van der Waals surface area contributed by atoms with Crippen molar-refractivity contribution < 1.29 is 23.9 Å². The van der Waals surface area contributed by atoms with Gasteiger partial charge in [0.15, 0.2) is 0 Å². The monoisotopic (exact) mass is 350 g/mol. The number of fused-ring (bicyclic) bond motifs is 1. The zero-order chi connectivity index (χ0) is 18.4. The van der Waals surface area contributed by atoms with Crippen LogP contribution in [-0.4, -0.2) is 29.2 Å². The molecule has 26 heavy (non-hydrogen) atoms. The van der Waals surface area contributed by atoms with Crippen LogP contribution in [0.3, 0.4) is 0 Å². The molecule has 0 saturated heterocycles. The van der Waals surface area contributed by atoms with E-state index in [-0.39, 0.29) is 11.1 Å². The molecule has 0 N–H and O–H groups in total. The third-order valence-electron chi connectivity index (χ3n) is 4.86. The van der Waals surface area contributed by atoms with Crippen LogP contribution in [0.5, 0.6) is 0 Å². The molecule has 0 radical (unpaired) electrons. The summed E-state index contributed by atoms with van der Waals surface area (Å²) < 4.78 is 5.83. The Morgan fingerprint density at radius 1 is 1.19 bits per heavy atom. The van der Waals surface area contributed by atoms with Gasteiger partial charge in [0, 0.05) is 17.0 Å². The maximum Gasteiger partial charge on any atom is 0.261 e. The Morgan fingerprint density at radius 3 is 2.54 bits per heavy atom. The summed E-state index contributed by atoms with van der Waals surface area (Å²) in [6, 6.07) is 10.3. The number of carboxylic acid groups (broad SMARTS) is 1. The van der Waals surface area contributed by atoms with Crippen molar-refractivity contribution in [3.63, 3.8) is 0 Å². The minimum atomic E-state index is -1.49. The van der Waals surface area contributed by atoms with E-state index in [1.807, 2.05) is 6.07 Å². The Hall–Kier alpha value is -3.15. The van der Waals surface area contributed by atoms with E-state index in [1.165, 1.54) is 0 Å². The summed E-state index contributed by atoms with van der Waals surface area (Å²) in [6.45, 7) is 1.36. The molecule has 0 spiro atoms. The minimum absolute atomic E-state index is 0.228. The summed E-state index contributed by atoms with van der Waals surface area (Å²) >= 11 is 0. The highest BCUT2D eigenvalue weighted by molar-refractivity contribution is 6.34. The van der Waals surface area contributed by atoms with Crippen molar-refractivity contribution in [3.05, 3.63) is 59.0 Å². The molecule has 2 heterocycles. The number of nitrogens with zero attached hydrogens (tertiary/aromatic N) is 1. The van der Waals surface area contributed by atoms with Crippen molar-refractivity contribution in [1.82, 2.24) is 4.90 Å². The van der Waals surface area contributed by atoms with E-state index in [0.717, 1.165) is 12.2 Å². The number of imide groups is 1. The lowest BCUT2D eigenvalue weighted by molar-refractivity contribution is -0.305. The first kappa shape index (κ1) is 16.3. The second kappa shape index (κ2) is 5.98. The number of hydrogen-bond acceptors (Lipinski definition) is 5. The molecule has 2 atom stereocenters. The van der Waals surface area contributed by atoms with Crippen molar-refractivity contribution in [1.29, 1.82) is 0 Å². The molecule has 2 aromatic rings. The van der Waals surface area contributed by atoms with Gasteiger partial charge >= 0.3 is 0 Å². The van der Waals surface area contributed by atoms with Crippen LogP contribution in [0.2, 0.25) is 0 Å². The number of carbonyl (C=O) groups is 3. The fourth-order valence-electron chi connectivity index (χ4n) is 3.32. The van der Waals surface area contributed by atoms with Crippen LogP contribution in [0.4, 0.5) is 0 Å². The van der Waals surface area contributed by atoms with Crippen molar-refractivity contribution in [2.75, 3.05) is 6.54 Å². The van der Waals surface area contributed by atoms with E-state index >= 15 is 0 Å². The zero-order valence-electron chi connectivity index (χ0n) is 14.1. The number of hydrogen-bond donors (Lipinski definition) is 0. The van der Waals surface area contributed by atoms with Gasteiger partial charge < -0.3 is 14.3 Å². The smallest absolute Gasteiger partial charge is 0.261 e. The summed E-state index contributed by atoms with van der Waals surface area (Å²) in [5, 5.41) is 11.0. The lowest BCUT2D eigenvalue weighted by Crippen LogP contribution is -2.47. The molecule has 0 bridgehead atoms. The van der Waals surface area contributed by atoms with Crippen LogP contribution in [0.1, 0.15) is 46.7 Å². The highest BCUT2D eigenvalue weighted by Crippen LogP contribution is 2.47. The third kappa shape index (κ3) is 2.73. The SMILES string of the molecule is C[C@@H]1C[C@@H]1c1ccc(/C=C2\C(=O)N(CC(=O)[O-])C(=O)c3ccccc32)o1. The van der Waals surface area contributed by atoms with Crippen LogP contribution in [0.25, 0.3) is 11.6 Å². The van der Waals surface area contributed by atoms with Gasteiger partial charge in [0.2, 0.25) is 0 Å². The molecule has 0 unspecified atom stereocenters. The molecule has 132 valence electrons. The van der Waals surface area contributed by atoms with Crippen LogP contribution in [-0.2, 0) is 9.59 Å². The average Bonchev–Trinajstić information content (AvgIpc) is 3.16. The lowest BCUT2D eigenvalue weighted by Gasteiger charge is -2.28. The van der Waals surface area contributed by atoms with Gasteiger partial charge in [-0.05, 0) is 36.6 Å². The highest BCUT2D eigenvalue weighted by atomic mass is 16.4. The Balaban J connectivity index is 1.76. The molecule has 2 aliphatic rings. The van der Waals surface area contributed by atoms with Crippen molar-refractivity contribution in [2.45, 2.75) is 19.3 Å². The van der Waals surface area contributed by atoms with E-state index in [2.05, 4.69) is 6.92 Å². The largest absolute Gasteiger partial charge is 0.548 e. The molecule has 1 aromatic heterocycles. The van der Waals surface area contributed by atoms with Gasteiger partial charge in [-0.3, -0.25) is 14.5 Å².